The monoisotopic (exact) mass is 591 g/mol. The van der Waals surface area contributed by atoms with Crippen molar-refractivity contribution in [3.63, 3.8) is 0 Å². The number of allylic oxidation sites excluding steroid dienone is 5. The molecule has 2 aromatic rings. The summed E-state index contributed by atoms with van der Waals surface area (Å²) in [5.74, 6) is 2.37. The van der Waals surface area contributed by atoms with E-state index in [1.807, 2.05) is 6.92 Å². The van der Waals surface area contributed by atoms with Gasteiger partial charge in [0.2, 0.25) is 0 Å². The Labute approximate surface area is 237 Å². The van der Waals surface area contributed by atoms with E-state index in [2.05, 4.69) is 107 Å². The highest BCUT2D eigenvalue weighted by atomic mass is 79.9. The molecule has 0 bridgehead atoms. The fourth-order valence-electron chi connectivity index (χ4n) is 4.02. The van der Waals surface area contributed by atoms with Crippen molar-refractivity contribution in [3.05, 3.63) is 95.6 Å². The van der Waals surface area contributed by atoms with E-state index >= 15 is 0 Å². The van der Waals surface area contributed by atoms with Gasteiger partial charge in [-0.3, -0.25) is 4.90 Å². The quantitative estimate of drug-likeness (QED) is 0.215. The molecule has 2 nitrogen and oxygen atoms in total. The van der Waals surface area contributed by atoms with Gasteiger partial charge >= 0.3 is 0 Å². The van der Waals surface area contributed by atoms with Gasteiger partial charge in [-0.15, -0.1) is 23.2 Å². The van der Waals surface area contributed by atoms with Crippen LogP contribution in [-0.4, -0.2) is 41.7 Å². The maximum Gasteiger partial charge on any atom is 0.119 e. The highest BCUT2D eigenvalue weighted by Crippen LogP contribution is 2.29. The van der Waals surface area contributed by atoms with Crippen LogP contribution in [0.3, 0.4) is 0 Å². The van der Waals surface area contributed by atoms with Crippen LogP contribution in [0.2, 0.25) is 0 Å². The minimum Gasteiger partial charge on any atom is -0.494 e. The van der Waals surface area contributed by atoms with Crippen molar-refractivity contribution in [2.24, 2.45) is 0 Å². The lowest BCUT2D eigenvalue weighted by Gasteiger charge is -2.29. The summed E-state index contributed by atoms with van der Waals surface area (Å²) in [7, 11) is 0. The molecule has 1 unspecified atom stereocenters. The van der Waals surface area contributed by atoms with Crippen molar-refractivity contribution >= 4 is 44.7 Å². The van der Waals surface area contributed by atoms with Crippen molar-refractivity contribution < 1.29 is 4.74 Å². The molecule has 1 aliphatic carbocycles. The van der Waals surface area contributed by atoms with E-state index in [1.54, 1.807) is 0 Å². The molecule has 0 amide bonds. The molecule has 3 rings (SSSR count). The average Bonchev–Trinajstić information content (AvgIpc) is 2.93. The van der Waals surface area contributed by atoms with Crippen LogP contribution in [0.5, 0.6) is 5.75 Å². The highest BCUT2D eigenvalue weighted by Gasteiger charge is 2.16. The first kappa shape index (κ1) is 30.7. The third-order valence-electron chi connectivity index (χ3n) is 5.99. The zero-order valence-electron chi connectivity index (χ0n) is 21.6. The Kier molecular flexibility index (Phi) is 15.9. The summed E-state index contributed by atoms with van der Waals surface area (Å²) in [6.45, 7) is 6.82. The second-order valence-electron chi connectivity index (χ2n) is 8.57. The van der Waals surface area contributed by atoms with Crippen molar-refractivity contribution in [3.8, 4) is 5.75 Å². The molecule has 0 saturated heterocycles. The number of halogens is 3. The zero-order valence-corrected chi connectivity index (χ0v) is 24.7. The maximum atomic E-state index is 6.06. The third-order valence-corrected chi connectivity index (χ3v) is 7.08. The molecule has 196 valence electrons. The Morgan fingerprint density at radius 1 is 1.03 bits per heavy atom. The van der Waals surface area contributed by atoms with Crippen LogP contribution in [0, 0.1) is 0 Å². The van der Waals surface area contributed by atoms with E-state index in [-0.39, 0.29) is 0 Å². The molecule has 1 atom stereocenters. The van der Waals surface area contributed by atoms with Crippen LogP contribution in [0.25, 0.3) is 5.57 Å². The normalized spacial score (nSPS) is 14.2. The molecule has 0 aromatic heterocycles. The number of hydrogen-bond acceptors (Lipinski definition) is 2. The molecule has 0 fully saturated rings. The summed E-state index contributed by atoms with van der Waals surface area (Å²) in [6, 6.07) is 19.5. The lowest BCUT2D eigenvalue weighted by atomic mass is 9.93. The third kappa shape index (κ3) is 10.8. The number of nitrogens with zero attached hydrogens (tertiary/aromatic N) is 1. The molecule has 2 aromatic carbocycles. The summed E-state index contributed by atoms with van der Waals surface area (Å²) in [5.41, 5.74) is 5.20. The van der Waals surface area contributed by atoms with Crippen LogP contribution in [-0.2, 0) is 0 Å². The van der Waals surface area contributed by atoms with Crippen molar-refractivity contribution in [1.82, 2.24) is 4.90 Å². The van der Waals surface area contributed by atoms with Crippen LogP contribution >= 0.6 is 39.1 Å². The smallest absolute Gasteiger partial charge is 0.119 e. The summed E-state index contributed by atoms with van der Waals surface area (Å²) >= 11 is 14.6. The fourth-order valence-corrected chi connectivity index (χ4v) is 4.87. The van der Waals surface area contributed by atoms with Crippen LogP contribution < -0.4 is 4.74 Å². The topological polar surface area (TPSA) is 12.5 Å². The average molecular weight is 593 g/mol. The van der Waals surface area contributed by atoms with E-state index in [1.165, 1.54) is 22.3 Å². The number of hydrogen-bond donors (Lipinski definition) is 0. The summed E-state index contributed by atoms with van der Waals surface area (Å²) in [5, 5.41) is 1.02. The van der Waals surface area contributed by atoms with Crippen molar-refractivity contribution in [2.45, 2.75) is 45.6 Å². The van der Waals surface area contributed by atoms with E-state index in [4.69, 9.17) is 27.9 Å². The van der Waals surface area contributed by atoms with Crippen molar-refractivity contribution in [1.29, 1.82) is 0 Å². The van der Waals surface area contributed by atoms with Gasteiger partial charge in [0.1, 0.15) is 5.75 Å². The first-order valence-electron chi connectivity index (χ1n) is 12.9. The largest absolute Gasteiger partial charge is 0.494 e. The molecular formula is C31H40BrCl2NO. The van der Waals surface area contributed by atoms with Gasteiger partial charge in [-0.05, 0) is 73.9 Å². The number of benzene rings is 2. The Morgan fingerprint density at radius 3 is 2.31 bits per heavy atom. The SMILES string of the molecule is CCOc1ccc(C(C)N(C/C=C(/C2=CCCC=C2)c2ccccc2)CCCCl)cc1.ClCCCBr. The second-order valence-corrected chi connectivity index (χ2v) is 10.1. The zero-order chi connectivity index (χ0) is 26.0. The van der Waals surface area contributed by atoms with E-state index in [9.17, 15) is 0 Å². The summed E-state index contributed by atoms with van der Waals surface area (Å²) < 4.78 is 5.61. The van der Waals surface area contributed by atoms with Gasteiger partial charge in [-0.25, -0.2) is 0 Å². The predicted octanol–water partition coefficient (Wildman–Crippen LogP) is 9.45. The van der Waals surface area contributed by atoms with Gasteiger partial charge in [0.05, 0.1) is 6.61 Å². The van der Waals surface area contributed by atoms with E-state index < -0.39 is 0 Å². The molecule has 0 heterocycles. The van der Waals surface area contributed by atoms with Gasteiger partial charge in [0.15, 0.2) is 0 Å². The minimum absolute atomic E-state index is 0.294. The summed E-state index contributed by atoms with van der Waals surface area (Å²) in [6.07, 6.45) is 13.6. The molecule has 0 N–H and O–H groups in total. The Hall–Kier alpha value is -1.52. The van der Waals surface area contributed by atoms with Gasteiger partial charge in [-0.2, -0.15) is 0 Å². The van der Waals surface area contributed by atoms with Crippen LogP contribution in [0.4, 0.5) is 0 Å². The molecule has 0 aliphatic heterocycles. The number of rotatable bonds is 13. The summed E-state index contributed by atoms with van der Waals surface area (Å²) in [4.78, 5) is 2.51. The molecule has 0 spiro atoms. The molecule has 1 aliphatic rings. The first-order valence-corrected chi connectivity index (χ1v) is 15.1. The van der Waals surface area contributed by atoms with Crippen molar-refractivity contribution in [2.75, 3.05) is 36.8 Å². The minimum atomic E-state index is 0.294. The molecule has 5 heteroatoms. The van der Waals surface area contributed by atoms with E-state index in [0.29, 0.717) is 18.5 Å². The van der Waals surface area contributed by atoms with Gasteiger partial charge < -0.3 is 4.74 Å². The predicted molar refractivity (Wildman–Crippen MR) is 163 cm³/mol. The maximum absolute atomic E-state index is 6.06. The Bertz CT molecular complexity index is 939. The van der Waals surface area contributed by atoms with Gasteiger partial charge in [0, 0.05) is 36.2 Å². The van der Waals surface area contributed by atoms with Gasteiger partial charge in [-0.1, -0.05) is 82.7 Å². The Morgan fingerprint density at radius 2 is 1.75 bits per heavy atom. The van der Waals surface area contributed by atoms with Crippen LogP contribution in [0.15, 0.2) is 84.5 Å². The number of ether oxygens (including phenoxy) is 1. The molecular weight excluding hydrogens is 553 g/mol. The first-order chi connectivity index (χ1) is 17.6. The standard InChI is InChI=1S/C28H34ClNO.C3H6BrCl/c1-3-31-27-17-15-24(16-18-27)23(2)30(21-10-20-29)22-19-28(25-11-6-4-7-12-25)26-13-8-5-9-14-26;4-2-1-3-5/h4,6-8,11-19,23H,3,5,9-10,20-22H2,1-2H3;1-3H2/b28-19+;. The second kappa shape index (κ2) is 18.7. The Balaban J connectivity index is 0.000000830. The molecule has 36 heavy (non-hydrogen) atoms. The number of alkyl halides is 3. The highest BCUT2D eigenvalue weighted by molar-refractivity contribution is 9.09. The molecule has 0 saturated carbocycles. The lowest BCUT2D eigenvalue weighted by Crippen LogP contribution is -2.29. The van der Waals surface area contributed by atoms with Crippen LogP contribution in [0.1, 0.15) is 56.7 Å². The van der Waals surface area contributed by atoms with Gasteiger partial charge in [0.25, 0.3) is 0 Å². The van der Waals surface area contributed by atoms with E-state index in [0.717, 1.165) is 55.7 Å². The molecule has 0 radical (unpaired) electrons. The lowest BCUT2D eigenvalue weighted by molar-refractivity contribution is 0.235. The fraction of sp³-hybridized carbons (Fsp3) is 0.419.